The maximum absolute atomic E-state index is 12.6. The molecule has 1 aliphatic heterocycles. The summed E-state index contributed by atoms with van der Waals surface area (Å²) in [5.74, 6) is 0.328. The molecule has 0 saturated carbocycles. The molecule has 0 aromatic heterocycles. The molecule has 1 aliphatic rings. The van der Waals surface area contributed by atoms with Crippen molar-refractivity contribution in [1.82, 2.24) is 5.32 Å². The summed E-state index contributed by atoms with van der Waals surface area (Å²) in [5, 5.41) is 6.20. The molecule has 1 amide bonds. The van der Waals surface area contributed by atoms with Crippen LogP contribution in [0.5, 0.6) is 5.75 Å². The summed E-state index contributed by atoms with van der Waals surface area (Å²) in [6, 6.07) is 13.1. The van der Waals surface area contributed by atoms with Crippen LogP contribution in [0.4, 0.5) is 5.69 Å². The Hall–Kier alpha value is -3.54. The molecule has 0 saturated heterocycles. The summed E-state index contributed by atoms with van der Waals surface area (Å²) in [6.45, 7) is 1.95. The fourth-order valence-electron chi connectivity index (χ4n) is 2.78. The number of carbonyl (C=O) groups is 1. The minimum atomic E-state index is -0.222. The van der Waals surface area contributed by atoms with Gasteiger partial charge in [0, 0.05) is 11.9 Å². The van der Waals surface area contributed by atoms with Crippen LogP contribution in [0, 0.1) is 6.92 Å². The molecule has 2 aromatic carbocycles. The maximum atomic E-state index is 12.6. The van der Waals surface area contributed by atoms with Gasteiger partial charge in [-0.15, -0.1) is 0 Å². The van der Waals surface area contributed by atoms with E-state index in [1.165, 1.54) is 6.20 Å². The quantitative estimate of drug-likeness (QED) is 0.761. The first kappa shape index (κ1) is 18.3. The van der Waals surface area contributed by atoms with Crippen molar-refractivity contribution in [3.63, 3.8) is 0 Å². The maximum Gasteiger partial charge on any atom is 0.259 e. The van der Waals surface area contributed by atoms with E-state index < -0.39 is 0 Å². The lowest BCUT2D eigenvalue weighted by atomic mass is 10.1. The highest BCUT2D eigenvalue weighted by Crippen LogP contribution is 2.25. The fraction of sp³-hybridized carbons (Fsp3) is 0.143. The number of hydrogen-bond acceptors (Lipinski definition) is 5. The second-order valence-electron chi connectivity index (χ2n) is 6.12. The number of amides is 1. The third kappa shape index (κ3) is 4.36. The first-order valence-electron chi connectivity index (χ1n) is 8.55. The highest BCUT2D eigenvalue weighted by Gasteiger charge is 2.17. The van der Waals surface area contributed by atoms with Crippen LogP contribution in [0.3, 0.4) is 0 Å². The molecule has 2 aromatic rings. The van der Waals surface area contributed by atoms with E-state index in [9.17, 15) is 4.79 Å². The van der Waals surface area contributed by atoms with Gasteiger partial charge < -0.3 is 21.1 Å². The number of aliphatic imine (C=N–C) groups is 1. The van der Waals surface area contributed by atoms with E-state index in [4.69, 9.17) is 10.5 Å². The Labute approximate surface area is 158 Å². The van der Waals surface area contributed by atoms with E-state index in [1.807, 2.05) is 49.4 Å². The third-order valence-corrected chi connectivity index (χ3v) is 4.11. The molecule has 4 N–H and O–H groups in total. The minimum absolute atomic E-state index is 0.201. The lowest BCUT2D eigenvalue weighted by molar-refractivity contribution is 0.102. The average Bonchev–Trinajstić information content (AvgIpc) is 3.15. The largest absolute Gasteiger partial charge is 0.496 e. The van der Waals surface area contributed by atoms with Crippen molar-refractivity contribution in [2.24, 2.45) is 10.7 Å². The highest BCUT2D eigenvalue weighted by atomic mass is 16.5. The summed E-state index contributed by atoms with van der Waals surface area (Å²) in [5.41, 5.74) is 9.38. The number of carbonyl (C=O) groups excluding carboxylic acids is 1. The van der Waals surface area contributed by atoms with Crippen molar-refractivity contribution in [2.45, 2.75) is 13.1 Å². The van der Waals surface area contributed by atoms with Crippen LogP contribution in [0.1, 0.15) is 27.7 Å². The first-order valence-corrected chi connectivity index (χ1v) is 8.55. The SMILES string of the molecule is COc1cc(C)ccc1C(=O)Nc1cccc([C@H]2N=CC(=CC=CN)N2)c1. The second kappa shape index (κ2) is 8.23. The molecule has 27 heavy (non-hydrogen) atoms. The van der Waals surface area contributed by atoms with Crippen LogP contribution in [0.2, 0.25) is 0 Å². The molecule has 0 fully saturated rings. The number of ether oxygens (including phenoxy) is 1. The van der Waals surface area contributed by atoms with Crippen LogP contribution in [-0.4, -0.2) is 19.2 Å². The van der Waals surface area contributed by atoms with Gasteiger partial charge in [-0.1, -0.05) is 18.2 Å². The van der Waals surface area contributed by atoms with Crippen molar-refractivity contribution < 1.29 is 9.53 Å². The summed E-state index contributed by atoms with van der Waals surface area (Å²) < 4.78 is 5.32. The number of nitrogens with zero attached hydrogens (tertiary/aromatic N) is 1. The molecule has 0 aliphatic carbocycles. The van der Waals surface area contributed by atoms with Crippen molar-refractivity contribution in [2.75, 3.05) is 12.4 Å². The molecule has 1 heterocycles. The van der Waals surface area contributed by atoms with E-state index in [1.54, 1.807) is 25.5 Å². The Morgan fingerprint density at radius 1 is 1.30 bits per heavy atom. The first-order chi connectivity index (χ1) is 13.1. The molecular formula is C21H22N4O2. The number of methoxy groups -OCH3 is 1. The molecular weight excluding hydrogens is 340 g/mol. The van der Waals surface area contributed by atoms with Gasteiger partial charge in [0.2, 0.25) is 0 Å². The second-order valence-corrected chi connectivity index (χ2v) is 6.12. The van der Waals surface area contributed by atoms with Crippen LogP contribution >= 0.6 is 0 Å². The van der Waals surface area contributed by atoms with Crippen LogP contribution in [0.15, 0.2) is 71.5 Å². The van der Waals surface area contributed by atoms with E-state index in [0.29, 0.717) is 17.0 Å². The van der Waals surface area contributed by atoms with Crippen molar-refractivity contribution >= 4 is 17.8 Å². The average molecular weight is 362 g/mol. The highest BCUT2D eigenvalue weighted by molar-refractivity contribution is 6.06. The number of hydrogen-bond donors (Lipinski definition) is 3. The summed E-state index contributed by atoms with van der Waals surface area (Å²) in [7, 11) is 1.56. The summed E-state index contributed by atoms with van der Waals surface area (Å²) >= 11 is 0. The van der Waals surface area contributed by atoms with Crippen molar-refractivity contribution in [3.8, 4) is 5.75 Å². The number of nitrogens with one attached hydrogen (secondary N) is 2. The lowest BCUT2D eigenvalue weighted by Crippen LogP contribution is -2.15. The van der Waals surface area contributed by atoms with Gasteiger partial charge in [-0.3, -0.25) is 9.79 Å². The molecule has 0 radical (unpaired) electrons. The standard InChI is InChI=1S/C21H22N4O2/c1-14-8-9-18(19(11-14)27-2)21(26)25-16-6-3-5-15(12-16)20-23-13-17(24-20)7-4-10-22/h3-13,20,24H,22H2,1-2H3,(H,25,26)/t20-/m0/s1. The van der Waals surface area contributed by atoms with Crippen LogP contribution in [0.25, 0.3) is 0 Å². The summed E-state index contributed by atoms with van der Waals surface area (Å²) in [6.07, 6.45) is 6.60. The molecule has 3 rings (SSSR count). The zero-order chi connectivity index (χ0) is 19.2. The van der Waals surface area contributed by atoms with E-state index in [-0.39, 0.29) is 12.1 Å². The van der Waals surface area contributed by atoms with E-state index in [2.05, 4.69) is 15.6 Å². The number of aryl methyl sites for hydroxylation is 1. The third-order valence-electron chi connectivity index (χ3n) is 4.11. The van der Waals surface area contributed by atoms with Crippen LogP contribution < -0.4 is 21.1 Å². The monoisotopic (exact) mass is 362 g/mol. The molecule has 6 nitrogen and oxygen atoms in total. The number of benzene rings is 2. The molecule has 0 bridgehead atoms. The summed E-state index contributed by atoms with van der Waals surface area (Å²) in [4.78, 5) is 17.1. The normalized spacial score (nSPS) is 17.3. The van der Waals surface area contributed by atoms with Gasteiger partial charge in [-0.2, -0.15) is 0 Å². The molecule has 138 valence electrons. The van der Waals surface area contributed by atoms with Gasteiger partial charge >= 0.3 is 0 Å². The van der Waals surface area contributed by atoms with Gasteiger partial charge in [0.25, 0.3) is 5.91 Å². The number of rotatable bonds is 5. The predicted molar refractivity (Wildman–Crippen MR) is 108 cm³/mol. The zero-order valence-electron chi connectivity index (χ0n) is 15.3. The van der Waals surface area contributed by atoms with Crippen molar-refractivity contribution in [3.05, 3.63) is 83.2 Å². The number of allylic oxidation sites excluding steroid dienone is 3. The Bertz CT molecular complexity index is 932. The van der Waals surface area contributed by atoms with Crippen LogP contribution in [-0.2, 0) is 0 Å². The van der Waals surface area contributed by atoms with Gasteiger partial charge in [0.15, 0.2) is 0 Å². The van der Waals surface area contributed by atoms with Gasteiger partial charge in [0.1, 0.15) is 11.9 Å². The number of nitrogens with two attached hydrogens (primary N) is 1. The molecule has 1 atom stereocenters. The zero-order valence-corrected chi connectivity index (χ0v) is 15.3. The Kier molecular flexibility index (Phi) is 5.56. The van der Waals surface area contributed by atoms with Gasteiger partial charge in [-0.05, 0) is 60.7 Å². The van der Waals surface area contributed by atoms with Gasteiger partial charge in [-0.25, -0.2) is 0 Å². The van der Waals surface area contributed by atoms with E-state index >= 15 is 0 Å². The van der Waals surface area contributed by atoms with Gasteiger partial charge in [0.05, 0.1) is 18.4 Å². The Morgan fingerprint density at radius 3 is 2.93 bits per heavy atom. The topological polar surface area (TPSA) is 88.7 Å². The smallest absolute Gasteiger partial charge is 0.259 e. The molecule has 6 heteroatoms. The molecule has 0 spiro atoms. The molecule has 0 unspecified atom stereocenters. The van der Waals surface area contributed by atoms with E-state index in [0.717, 1.165) is 16.8 Å². The Morgan fingerprint density at radius 2 is 2.15 bits per heavy atom. The lowest BCUT2D eigenvalue weighted by Gasteiger charge is -2.13. The van der Waals surface area contributed by atoms with Crippen molar-refractivity contribution in [1.29, 1.82) is 0 Å². The Balaban J connectivity index is 1.75. The fourth-order valence-corrected chi connectivity index (χ4v) is 2.78. The predicted octanol–water partition coefficient (Wildman–Crippen LogP) is 3.28. The number of anilines is 1. The minimum Gasteiger partial charge on any atom is -0.496 e.